The zero-order chi connectivity index (χ0) is 23.9. The molecule has 0 saturated heterocycles. The summed E-state index contributed by atoms with van der Waals surface area (Å²) >= 11 is 0. The van der Waals surface area contributed by atoms with Gasteiger partial charge in [-0.2, -0.15) is 0 Å². The van der Waals surface area contributed by atoms with E-state index in [9.17, 15) is 18.8 Å². The number of nitrogens with one attached hydrogen (secondary N) is 2. The molecule has 1 aliphatic rings. The van der Waals surface area contributed by atoms with E-state index in [0.717, 1.165) is 5.56 Å². The lowest BCUT2D eigenvalue weighted by Crippen LogP contribution is -2.47. The standard InChI is InChI=1S/C24H34FN3O4/c1-15(26)21(29)27-14-19(25)17-11-8-12-18(17)22(30)28-20(23(31)32-24(2,3)4)13-16-9-6-5-7-10-16/h5-7,9-10,15,18,20H,8,11-14,26H2,1-4H3,(H,27,29)(H,28,30)/b19-17+/t15-,18+,20-/m0/s1. The summed E-state index contributed by atoms with van der Waals surface area (Å²) in [6.45, 7) is 6.48. The topological polar surface area (TPSA) is 111 Å². The van der Waals surface area contributed by atoms with Crippen molar-refractivity contribution in [3.05, 3.63) is 47.3 Å². The summed E-state index contributed by atoms with van der Waals surface area (Å²) in [5.41, 5.74) is 6.00. The van der Waals surface area contributed by atoms with Crippen LogP contribution < -0.4 is 16.4 Å². The molecule has 0 bridgehead atoms. The summed E-state index contributed by atoms with van der Waals surface area (Å²) in [6.07, 6.45) is 1.81. The van der Waals surface area contributed by atoms with Gasteiger partial charge in [-0.15, -0.1) is 0 Å². The third kappa shape index (κ3) is 7.75. The minimum absolute atomic E-state index is 0.264. The predicted molar refractivity (Wildman–Crippen MR) is 120 cm³/mol. The minimum Gasteiger partial charge on any atom is -0.458 e. The van der Waals surface area contributed by atoms with Gasteiger partial charge >= 0.3 is 5.97 Å². The Morgan fingerprint density at radius 3 is 2.47 bits per heavy atom. The van der Waals surface area contributed by atoms with E-state index in [1.807, 2.05) is 30.3 Å². The van der Waals surface area contributed by atoms with E-state index in [1.165, 1.54) is 6.92 Å². The second-order valence-corrected chi connectivity index (χ2v) is 9.17. The van der Waals surface area contributed by atoms with Crippen molar-refractivity contribution in [2.45, 2.75) is 71.1 Å². The van der Waals surface area contributed by atoms with Gasteiger partial charge in [-0.3, -0.25) is 9.59 Å². The number of benzene rings is 1. The number of ether oxygens (including phenoxy) is 1. The van der Waals surface area contributed by atoms with Gasteiger partial charge in [-0.05, 0) is 58.1 Å². The van der Waals surface area contributed by atoms with Gasteiger partial charge in [-0.25, -0.2) is 9.18 Å². The number of halogens is 1. The number of carbonyl (C=O) groups is 3. The summed E-state index contributed by atoms with van der Waals surface area (Å²) in [6, 6.07) is 7.67. The van der Waals surface area contributed by atoms with Gasteiger partial charge in [0.2, 0.25) is 11.8 Å². The van der Waals surface area contributed by atoms with Crippen LogP contribution in [0.2, 0.25) is 0 Å². The lowest BCUT2D eigenvalue weighted by atomic mass is 9.99. The summed E-state index contributed by atoms with van der Waals surface area (Å²) in [7, 11) is 0. The minimum atomic E-state index is -0.896. The fourth-order valence-corrected chi connectivity index (χ4v) is 3.59. The Balaban J connectivity index is 2.15. The Labute approximate surface area is 189 Å². The molecule has 1 aromatic rings. The molecule has 7 nitrogen and oxygen atoms in total. The maximum Gasteiger partial charge on any atom is 0.329 e. The quantitative estimate of drug-likeness (QED) is 0.531. The lowest BCUT2D eigenvalue weighted by Gasteiger charge is -2.26. The zero-order valence-electron chi connectivity index (χ0n) is 19.2. The Morgan fingerprint density at radius 2 is 1.88 bits per heavy atom. The van der Waals surface area contributed by atoms with E-state index in [2.05, 4.69) is 10.6 Å². The summed E-state index contributed by atoms with van der Waals surface area (Å²) in [4.78, 5) is 37.5. The van der Waals surface area contributed by atoms with Crippen LogP contribution >= 0.6 is 0 Å². The maximum atomic E-state index is 14.8. The number of carbonyl (C=O) groups excluding carboxylic acids is 3. The van der Waals surface area contributed by atoms with Crippen molar-refractivity contribution in [1.82, 2.24) is 10.6 Å². The first kappa shape index (κ1) is 25.5. The van der Waals surface area contributed by atoms with Gasteiger partial charge in [0.1, 0.15) is 17.5 Å². The highest BCUT2D eigenvalue weighted by molar-refractivity contribution is 5.88. The molecule has 1 aromatic carbocycles. The maximum absolute atomic E-state index is 14.8. The first-order valence-corrected chi connectivity index (χ1v) is 11.0. The van der Waals surface area contributed by atoms with Gasteiger partial charge < -0.3 is 21.1 Å². The summed E-state index contributed by atoms with van der Waals surface area (Å²) < 4.78 is 20.3. The molecule has 0 heterocycles. The molecule has 2 rings (SSSR count). The highest BCUT2D eigenvalue weighted by atomic mass is 19.1. The van der Waals surface area contributed by atoms with E-state index in [0.29, 0.717) is 24.8 Å². The second kappa shape index (κ2) is 11.2. The first-order chi connectivity index (χ1) is 15.0. The van der Waals surface area contributed by atoms with Crippen molar-refractivity contribution in [1.29, 1.82) is 0 Å². The Hall–Kier alpha value is -2.74. The van der Waals surface area contributed by atoms with Crippen molar-refractivity contribution in [2.24, 2.45) is 11.7 Å². The van der Waals surface area contributed by atoms with E-state index in [1.54, 1.807) is 20.8 Å². The average molecular weight is 448 g/mol. The van der Waals surface area contributed by atoms with Crippen molar-refractivity contribution < 1.29 is 23.5 Å². The van der Waals surface area contributed by atoms with Crippen LogP contribution in [0, 0.1) is 5.92 Å². The molecule has 0 aliphatic heterocycles. The fraction of sp³-hybridized carbons (Fsp3) is 0.542. The second-order valence-electron chi connectivity index (χ2n) is 9.17. The van der Waals surface area contributed by atoms with E-state index in [-0.39, 0.29) is 13.0 Å². The molecule has 176 valence electrons. The van der Waals surface area contributed by atoms with Crippen LogP contribution in [0.3, 0.4) is 0 Å². The van der Waals surface area contributed by atoms with Gasteiger partial charge in [0, 0.05) is 6.42 Å². The van der Waals surface area contributed by atoms with Crippen molar-refractivity contribution >= 4 is 17.8 Å². The Bertz CT molecular complexity index is 847. The van der Waals surface area contributed by atoms with E-state index >= 15 is 0 Å². The summed E-state index contributed by atoms with van der Waals surface area (Å²) in [5, 5.41) is 5.21. The molecule has 1 saturated carbocycles. The molecule has 0 radical (unpaired) electrons. The fourth-order valence-electron chi connectivity index (χ4n) is 3.59. The van der Waals surface area contributed by atoms with Crippen LogP contribution in [-0.2, 0) is 25.5 Å². The lowest BCUT2D eigenvalue weighted by molar-refractivity contribution is -0.158. The molecule has 0 aromatic heterocycles. The van der Waals surface area contributed by atoms with Crippen molar-refractivity contribution in [3.63, 3.8) is 0 Å². The van der Waals surface area contributed by atoms with Gasteiger partial charge in [0.15, 0.2) is 0 Å². The van der Waals surface area contributed by atoms with Crippen LogP contribution in [0.5, 0.6) is 0 Å². The number of rotatable bonds is 8. The molecule has 32 heavy (non-hydrogen) atoms. The molecule has 2 amide bonds. The number of hydrogen-bond acceptors (Lipinski definition) is 5. The predicted octanol–water partition coefficient (Wildman–Crippen LogP) is 2.54. The Morgan fingerprint density at radius 1 is 1.22 bits per heavy atom. The van der Waals surface area contributed by atoms with Crippen molar-refractivity contribution in [3.8, 4) is 0 Å². The van der Waals surface area contributed by atoms with Crippen LogP contribution in [0.15, 0.2) is 41.7 Å². The highest BCUT2D eigenvalue weighted by Crippen LogP contribution is 2.34. The smallest absolute Gasteiger partial charge is 0.329 e. The monoisotopic (exact) mass is 447 g/mol. The average Bonchev–Trinajstić information content (AvgIpc) is 3.20. The molecule has 3 atom stereocenters. The van der Waals surface area contributed by atoms with Crippen molar-refractivity contribution in [2.75, 3.05) is 6.54 Å². The molecule has 1 aliphatic carbocycles. The van der Waals surface area contributed by atoms with Crippen LogP contribution in [-0.4, -0.2) is 42.0 Å². The normalized spacial score (nSPS) is 19.6. The SMILES string of the molecule is C[C@H](N)C(=O)NC/C(F)=C1/CCC[C@H]1C(=O)N[C@@H](Cc1ccccc1)C(=O)OC(C)(C)C. The number of nitrogens with two attached hydrogens (primary N) is 1. The Kier molecular flexibility index (Phi) is 8.95. The van der Waals surface area contributed by atoms with Crippen LogP contribution in [0.25, 0.3) is 0 Å². The van der Waals surface area contributed by atoms with E-state index < -0.39 is 47.2 Å². The molecular formula is C24H34FN3O4. The first-order valence-electron chi connectivity index (χ1n) is 11.0. The molecule has 4 N–H and O–H groups in total. The summed E-state index contributed by atoms with van der Waals surface area (Å²) in [5.74, 6) is -2.65. The van der Waals surface area contributed by atoms with Gasteiger partial charge in [0.25, 0.3) is 0 Å². The van der Waals surface area contributed by atoms with E-state index in [4.69, 9.17) is 10.5 Å². The largest absolute Gasteiger partial charge is 0.458 e. The third-order valence-electron chi connectivity index (χ3n) is 5.15. The van der Waals surface area contributed by atoms with Crippen LogP contribution in [0.1, 0.15) is 52.5 Å². The van der Waals surface area contributed by atoms with Gasteiger partial charge in [-0.1, -0.05) is 30.3 Å². The molecule has 0 spiro atoms. The molecule has 1 fully saturated rings. The molecular weight excluding hydrogens is 413 g/mol. The number of hydrogen-bond donors (Lipinski definition) is 3. The van der Waals surface area contributed by atoms with Crippen LogP contribution in [0.4, 0.5) is 4.39 Å². The van der Waals surface area contributed by atoms with Gasteiger partial charge in [0.05, 0.1) is 18.5 Å². The number of esters is 1. The highest BCUT2D eigenvalue weighted by Gasteiger charge is 2.34. The molecule has 8 heteroatoms. The number of amides is 2. The third-order valence-corrected chi connectivity index (χ3v) is 5.15. The zero-order valence-corrected chi connectivity index (χ0v) is 19.2. The molecule has 0 unspecified atom stereocenters.